The van der Waals surface area contributed by atoms with Gasteiger partial charge in [0.1, 0.15) is 0 Å². The Bertz CT molecular complexity index is 1390. The van der Waals surface area contributed by atoms with E-state index in [0.717, 1.165) is 10.4 Å². The van der Waals surface area contributed by atoms with Crippen LogP contribution in [-0.2, 0) is 11.3 Å². The van der Waals surface area contributed by atoms with Crippen LogP contribution in [0.15, 0.2) is 96.4 Å². The van der Waals surface area contributed by atoms with Crippen LogP contribution in [0, 0.1) is 0 Å². The van der Waals surface area contributed by atoms with Gasteiger partial charge < -0.3 is 15.3 Å². The summed E-state index contributed by atoms with van der Waals surface area (Å²) in [6, 6.07) is 28.2. The number of carboxylic acid groups (broad SMARTS) is 1. The maximum absolute atomic E-state index is 13.9. The van der Waals surface area contributed by atoms with Crippen LogP contribution in [0.3, 0.4) is 0 Å². The molecule has 1 heterocycles. The van der Waals surface area contributed by atoms with Gasteiger partial charge in [0.25, 0.3) is 11.8 Å². The molecule has 38 heavy (non-hydrogen) atoms. The van der Waals surface area contributed by atoms with Crippen LogP contribution in [0.1, 0.15) is 50.4 Å². The van der Waals surface area contributed by atoms with Crippen LogP contribution in [0.5, 0.6) is 0 Å². The third-order valence-electron chi connectivity index (χ3n) is 6.37. The monoisotopic (exact) mass is 526 g/mol. The van der Waals surface area contributed by atoms with Gasteiger partial charge in [-0.05, 0) is 46.2 Å². The number of rotatable bonds is 11. The number of nitrogens with one attached hydrogen (secondary N) is 1. The molecule has 6 nitrogen and oxygen atoms in total. The molecule has 1 unspecified atom stereocenters. The lowest BCUT2D eigenvalue weighted by Gasteiger charge is -2.27. The topological polar surface area (TPSA) is 86.7 Å². The lowest BCUT2D eigenvalue weighted by atomic mass is 9.93. The fourth-order valence-corrected chi connectivity index (χ4v) is 5.04. The predicted octanol–water partition coefficient (Wildman–Crippen LogP) is 6.07. The van der Waals surface area contributed by atoms with Crippen molar-refractivity contribution in [2.45, 2.75) is 25.8 Å². The number of aliphatic carboxylic acids is 1. The molecule has 4 rings (SSSR count). The summed E-state index contributed by atoms with van der Waals surface area (Å²) in [4.78, 5) is 41.1. The lowest BCUT2D eigenvalue weighted by Crippen LogP contribution is -2.36. The van der Waals surface area contributed by atoms with E-state index in [0.29, 0.717) is 35.3 Å². The second-order valence-electron chi connectivity index (χ2n) is 9.06. The first-order valence-electron chi connectivity index (χ1n) is 12.5. The van der Waals surface area contributed by atoms with E-state index >= 15 is 0 Å². The molecule has 0 saturated heterocycles. The highest BCUT2D eigenvalue weighted by molar-refractivity contribution is 7.09. The van der Waals surface area contributed by atoms with Crippen LogP contribution < -0.4 is 5.32 Å². The Labute approximate surface area is 226 Å². The Kier molecular flexibility index (Phi) is 9.06. The third-order valence-corrected chi connectivity index (χ3v) is 7.24. The Balaban J connectivity index is 1.64. The highest BCUT2D eigenvalue weighted by Gasteiger charge is 2.24. The summed E-state index contributed by atoms with van der Waals surface area (Å²) < 4.78 is 0. The number of amides is 2. The fraction of sp³-hybridized carbons (Fsp3) is 0.194. The summed E-state index contributed by atoms with van der Waals surface area (Å²) in [5, 5.41) is 14.3. The first kappa shape index (κ1) is 26.8. The van der Waals surface area contributed by atoms with E-state index in [9.17, 15) is 19.5 Å². The number of hydrogen-bond acceptors (Lipinski definition) is 4. The minimum Gasteiger partial charge on any atom is -0.481 e. The van der Waals surface area contributed by atoms with Gasteiger partial charge in [-0.3, -0.25) is 14.4 Å². The van der Waals surface area contributed by atoms with Crippen molar-refractivity contribution in [2.75, 3.05) is 13.1 Å². The van der Waals surface area contributed by atoms with Gasteiger partial charge in [-0.2, -0.15) is 0 Å². The van der Waals surface area contributed by atoms with Crippen molar-refractivity contribution < 1.29 is 19.5 Å². The second kappa shape index (κ2) is 12.8. The summed E-state index contributed by atoms with van der Waals surface area (Å²) in [7, 11) is 0. The fourth-order valence-electron chi connectivity index (χ4n) is 4.39. The van der Waals surface area contributed by atoms with Gasteiger partial charge in [0.15, 0.2) is 0 Å². The maximum Gasteiger partial charge on any atom is 0.305 e. The Morgan fingerprint density at radius 1 is 0.842 bits per heavy atom. The van der Waals surface area contributed by atoms with E-state index in [1.54, 1.807) is 40.5 Å². The van der Waals surface area contributed by atoms with Gasteiger partial charge >= 0.3 is 5.97 Å². The lowest BCUT2D eigenvalue weighted by molar-refractivity contribution is -0.137. The van der Waals surface area contributed by atoms with Crippen molar-refractivity contribution in [3.63, 3.8) is 0 Å². The zero-order valence-corrected chi connectivity index (χ0v) is 22.0. The van der Waals surface area contributed by atoms with E-state index in [2.05, 4.69) is 5.32 Å². The van der Waals surface area contributed by atoms with Crippen LogP contribution in [-0.4, -0.2) is 40.9 Å². The van der Waals surface area contributed by atoms with Crippen molar-refractivity contribution in [3.8, 4) is 11.1 Å². The molecule has 0 radical (unpaired) electrons. The molecule has 3 aromatic carbocycles. The number of hydrogen-bond donors (Lipinski definition) is 2. The van der Waals surface area contributed by atoms with E-state index in [-0.39, 0.29) is 30.7 Å². The van der Waals surface area contributed by atoms with Crippen LogP contribution in [0.2, 0.25) is 0 Å². The van der Waals surface area contributed by atoms with Gasteiger partial charge in [-0.25, -0.2) is 0 Å². The molecule has 0 saturated carbocycles. The summed E-state index contributed by atoms with van der Waals surface area (Å²) in [6.07, 6.45) is -0.156. The SMILES string of the molecule is CC(CN(CCC(=O)O)C(=O)c1ccccc1-c1ccccc1C(=O)NCc1cccs1)c1ccccc1. The minimum absolute atomic E-state index is 0.0106. The quantitative estimate of drug-likeness (QED) is 0.249. The van der Waals surface area contributed by atoms with Gasteiger partial charge in [0.05, 0.1) is 13.0 Å². The molecular formula is C31H30N2O4S. The standard InChI is InChI=1S/C31H30N2O4S/c1-22(23-10-3-2-4-11-23)21-33(18-17-29(34)35)31(37)28-16-8-6-14-26(28)25-13-5-7-15-27(25)30(36)32-20-24-12-9-19-38-24/h2-16,19,22H,17-18,20-21H2,1H3,(H,32,36)(H,34,35). The third kappa shape index (κ3) is 6.75. The molecule has 194 valence electrons. The Morgan fingerprint density at radius 3 is 2.13 bits per heavy atom. The van der Waals surface area contributed by atoms with E-state index in [1.165, 1.54) is 0 Å². The zero-order valence-electron chi connectivity index (χ0n) is 21.2. The molecule has 0 aliphatic rings. The maximum atomic E-state index is 13.9. The average Bonchev–Trinajstić information content (AvgIpc) is 3.47. The predicted molar refractivity (Wildman–Crippen MR) is 150 cm³/mol. The molecule has 0 bridgehead atoms. The number of carboxylic acids is 1. The van der Waals surface area contributed by atoms with Crippen molar-refractivity contribution in [1.82, 2.24) is 10.2 Å². The van der Waals surface area contributed by atoms with E-state index < -0.39 is 5.97 Å². The van der Waals surface area contributed by atoms with Crippen LogP contribution in [0.4, 0.5) is 0 Å². The van der Waals surface area contributed by atoms with Crippen molar-refractivity contribution in [3.05, 3.63) is 118 Å². The molecule has 7 heteroatoms. The average molecular weight is 527 g/mol. The minimum atomic E-state index is -0.962. The van der Waals surface area contributed by atoms with E-state index in [1.807, 2.05) is 79.0 Å². The number of benzene rings is 3. The molecule has 1 atom stereocenters. The smallest absolute Gasteiger partial charge is 0.305 e. The van der Waals surface area contributed by atoms with Crippen molar-refractivity contribution >= 4 is 29.1 Å². The van der Waals surface area contributed by atoms with Gasteiger partial charge in [-0.1, -0.05) is 79.7 Å². The normalized spacial score (nSPS) is 11.5. The molecule has 0 aliphatic heterocycles. The number of nitrogens with zero attached hydrogens (tertiary/aromatic N) is 1. The first-order valence-corrected chi connectivity index (χ1v) is 13.4. The zero-order chi connectivity index (χ0) is 26.9. The van der Waals surface area contributed by atoms with Gasteiger partial charge in [0, 0.05) is 29.1 Å². The Hall–Kier alpha value is -4.23. The molecule has 2 N–H and O–H groups in total. The summed E-state index contributed by atoms with van der Waals surface area (Å²) in [5.74, 6) is -1.44. The molecule has 0 aliphatic carbocycles. The summed E-state index contributed by atoms with van der Waals surface area (Å²) >= 11 is 1.57. The number of carbonyl (C=O) groups is 3. The van der Waals surface area contributed by atoms with Crippen LogP contribution >= 0.6 is 11.3 Å². The van der Waals surface area contributed by atoms with Crippen molar-refractivity contribution in [1.29, 1.82) is 0 Å². The summed E-state index contributed by atoms with van der Waals surface area (Å²) in [5.41, 5.74) is 3.25. The molecular weight excluding hydrogens is 496 g/mol. The largest absolute Gasteiger partial charge is 0.481 e. The first-order chi connectivity index (χ1) is 18.4. The Morgan fingerprint density at radius 2 is 1.47 bits per heavy atom. The molecule has 4 aromatic rings. The highest BCUT2D eigenvalue weighted by Crippen LogP contribution is 2.29. The molecule has 1 aromatic heterocycles. The molecule has 2 amide bonds. The van der Waals surface area contributed by atoms with Crippen molar-refractivity contribution in [2.24, 2.45) is 0 Å². The number of thiophene rings is 1. The van der Waals surface area contributed by atoms with Crippen LogP contribution in [0.25, 0.3) is 11.1 Å². The van der Waals surface area contributed by atoms with Gasteiger partial charge in [-0.15, -0.1) is 11.3 Å². The van der Waals surface area contributed by atoms with Gasteiger partial charge in [0.2, 0.25) is 0 Å². The number of carbonyl (C=O) groups excluding carboxylic acids is 2. The van der Waals surface area contributed by atoms with E-state index in [4.69, 9.17) is 0 Å². The molecule has 0 fully saturated rings. The molecule has 0 spiro atoms. The highest BCUT2D eigenvalue weighted by atomic mass is 32.1. The second-order valence-corrected chi connectivity index (χ2v) is 10.1. The summed E-state index contributed by atoms with van der Waals surface area (Å²) in [6.45, 7) is 2.90.